The van der Waals surface area contributed by atoms with Crippen molar-refractivity contribution in [2.75, 3.05) is 0 Å². The molecule has 9 heteroatoms. The predicted molar refractivity (Wildman–Crippen MR) is 402 cm³/mol. The summed E-state index contributed by atoms with van der Waals surface area (Å²) in [6.07, 6.45) is 13.0. The number of aromatic amines is 4. The van der Waals surface area contributed by atoms with Gasteiger partial charge in [0, 0.05) is 88.6 Å². The van der Waals surface area contributed by atoms with Crippen molar-refractivity contribution in [1.82, 2.24) is 45.2 Å². The third kappa shape index (κ3) is 10.3. The Labute approximate surface area is 559 Å². The molecule has 8 aromatic carbocycles. The zero-order chi connectivity index (χ0) is 64.2. The molecular formula is C88H59N9. The lowest BCUT2D eigenvalue weighted by Gasteiger charge is -2.14. The Morgan fingerprint density at radius 2 is 0.371 bits per heavy atom. The summed E-state index contributed by atoms with van der Waals surface area (Å²) in [4.78, 5) is 39.0. The lowest BCUT2D eigenvalue weighted by atomic mass is 10.0. The highest BCUT2D eigenvalue weighted by atomic mass is 15.0. The maximum absolute atomic E-state index is 5.97. The molecule has 14 aromatic rings. The van der Waals surface area contributed by atoms with Crippen molar-refractivity contribution < 1.29 is 0 Å². The zero-order valence-corrected chi connectivity index (χ0v) is 52.5. The van der Waals surface area contributed by atoms with Crippen LogP contribution in [-0.4, -0.2) is 39.9 Å². The van der Waals surface area contributed by atoms with Gasteiger partial charge in [0.1, 0.15) is 0 Å². The van der Waals surface area contributed by atoms with Crippen LogP contribution in [0.1, 0.15) is 45.6 Å². The van der Waals surface area contributed by atoms with E-state index < -0.39 is 0 Å². The van der Waals surface area contributed by atoms with Crippen molar-refractivity contribution in [3.8, 4) is 89.0 Å². The number of nitrogens with one attached hydrogen (secondary N) is 5. The highest BCUT2D eigenvalue weighted by Gasteiger charge is 2.28. The summed E-state index contributed by atoms with van der Waals surface area (Å²) in [5.74, 6) is 0. The minimum Gasteiger partial charge on any atom is -0.354 e. The molecule has 0 amide bonds. The number of benzene rings is 8. The van der Waals surface area contributed by atoms with Crippen molar-refractivity contribution in [1.29, 1.82) is 0 Å². The first-order valence-corrected chi connectivity index (χ1v) is 32.7. The fourth-order valence-electron chi connectivity index (χ4n) is 14.2. The van der Waals surface area contributed by atoms with Crippen LogP contribution in [0.2, 0.25) is 0 Å². The number of aromatic nitrogens is 8. The number of rotatable bonds is 10. The predicted octanol–water partition coefficient (Wildman–Crippen LogP) is 21.9. The van der Waals surface area contributed by atoms with Gasteiger partial charge < -0.3 is 25.3 Å². The molecule has 0 fully saturated rings. The monoisotopic (exact) mass is 1240 g/mol. The largest absolute Gasteiger partial charge is 0.354 e. The van der Waals surface area contributed by atoms with E-state index >= 15 is 0 Å². The van der Waals surface area contributed by atoms with Gasteiger partial charge in [-0.25, -0.2) is 19.9 Å². The molecule has 9 nitrogen and oxygen atoms in total. The Bertz CT molecular complexity index is 5540. The van der Waals surface area contributed by atoms with Gasteiger partial charge in [-0.15, -0.1) is 0 Å². The molecule has 6 aromatic heterocycles. The molecule has 10 heterocycles. The SMILES string of the molecule is C1=Cc2nc1c(-c1ccccc1)c1ccc([nH]1)c(-c1ccccc1)c1nc(c(-c3ccccc3)c3ccc([nH]3)c2-c2ccccc2)C(NC2=Cc3nc2c(-c2ccccc2)c2ccc([nH]2)c(-c2ccccc2)c2nc(c(-c4ccccc4)c4ccc([nH]4)c3-c3ccccc3)C=C2)=C1. The smallest absolute Gasteiger partial charge is 0.0971 e. The summed E-state index contributed by atoms with van der Waals surface area (Å²) in [5, 5.41) is 4.20. The summed E-state index contributed by atoms with van der Waals surface area (Å²) in [5.41, 5.74) is 30.8. The van der Waals surface area contributed by atoms with Crippen molar-refractivity contribution in [2.24, 2.45) is 0 Å². The van der Waals surface area contributed by atoms with Crippen LogP contribution in [0.15, 0.2) is 291 Å². The standard InChI is InChI=1S/C88H59N9/c1-9-25-55(26-10-1)79-63-41-43-65(89-63)81(57-29-13-3-14-30-57)69-49-51-73(93-69)85(61-37-21-7-22-38-61)87-77(53-75(96-87)83(59-33-17-5-18-34-59)71-47-45-67(79)91-71)95-78-54-76-84(60-35-19-6-20-36-60)72-48-46-68(92-72)80(56-27-11-2-12-28-56)64-42-44-66(90-64)82(58-31-15-4-16-32-58)70-50-52-74(94-70)86(88(78)97-76)62-39-23-8-24-40-62/h1-54,91-95H. The van der Waals surface area contributed by atoms with Crippen LogP contribution in [0.5, 0.6) is 0 Å². The molecule has 456 valence electrons. The first kappa shape index (κ1) is 56.5. The molecule has 18 rings (SSSR count). The van der Waals surface area contributed by atoms with Crippen LogP contribution in [0, 0.1) is 0 Å². The van der Waals surface area contributed by atoms with Gasteiger partial charge in [0.05, 0.1) is 56.9 Å². The maximum Gasteiger partial charge on any atom is 0.0971 e. The second kappa shape index (κ2) is 24.0. The minimum atomic E-state index is 0.734. The quantitative estimate of drug-likeness (QED) is 0.0932. The Balaban J connectivity index is 0.974. The van der Waals surface area contributed by atoms with Gasteiger partial charge >= 0.3 is 0 Å². The van der Waals surface area contributed by atoms with E-state index in [1.54, 1.807) is 0 Å². The van der Waals surface area contributed by atoms with Crippen molar-refractivity contribution in [2.45, 2.75) is 0 Å². The lowest BCUT2D eigenvalue weighted by molar-refractivity contribution is 1.20. The molecule has 4 aliphatic rings. The van der Waals surface area contributed by atoms with Crippen LogP contribution in [0.3, 0.4) is 0 Å². The number of nitrogens with zero attached hydrogens (tertiary/aromatic N) is 4. The van der Waals surface area contributed by atoms with E-state index in [4.69, 9.17) is 19.9 Å². The summed E-state index contributed by atoms with van der Waals surface area (Å²) in [6, 6.07) is 102. The number of hydrogen-bond acceptors (Lipinski definition) is 5. The average molecular weight is 1240 g/mol. The molecule has 0 saturated heterocycles. The fraction of sp³-hybridized carbons (Fsp3) is 0. The third-order valence-electron chi connectivity index (χ3n) is 18.5. The molecule has 0 atom stereocenters. The molecule has 16 bridgehead atoms. The molecule has 5 N–H and O–H groups in total. The van der Waals surface area contributed by atoms with Gasteiger partial charge in [0.15, 0.2) is 0 Å². The van der Waals surface area contributed by atoms with E-state index in [2.05, 4.69) is 353 Å². The molecule has 0 radical (unpaired) electrons. The van der Waals surface area contributed by atoms with Crippen LogP contribution in [0.4, 0.5) is 0 Å². The van der Waals surface area contributed by atoms with E-state index in [1.807, 2.05) is 0 Å². The number of fused-ring (bicyclic) bond motifs is 16. The maximum atomic E-state index is 5.97. The van der Waals surface area contributed by atoms with E-state index in [-0.39, 0.29) is 0 Å². The van der Waals surface area contributed by atoms with Gasteiger partial charge in [-0.3, -0.25) is 0 Å². The average Bonchev–Trinajstić information content (AvgIpc) is 1.61. The topological polar surface area (TPSA) is 127 Å². The van der Waals surface area contributed by atoms with Crippen LogP contribution < -0.4 is 5.32 Å². The van der Waals surface area contributed by atoms with E-state index in [0.717, 1.165) is 190 Å². The van der Waals surface area contributed by atoms with Gasteiger partial charge in [-0.1, -0.05) is 243 Å². The van der Waals surface area contributed by atoms with Gasteiger partial charge in [0.2, 0.25) is 0 Å². The van der Waals surface area contributed by atoms with Gasteiger partial charge in [0.25, 0.3) is 0 Å². The highest BCUT2D eigenvalue weighted by molar-refractivity contribution is 6.07. The second-order valence-electron chi connectivity index (χ2n) is 24.4. The highest BCUT2D eigenvalue weighted by Crippen LogP contribution is 2.45. The van der Waals surface area contributed by atoms with E-state index in [0.29, 0.717) is 0 Å². The summed E-state index contributed by atoms with van der Waals surface area (Å²) >= 11 is 0. The first-order valence-electron chi connectivity index (χ1n) is 32.7. The summed E-state index contributed by atoms with van der Waals surface area (Å²) in [7, 11) is 0. The molecule has 0 aliphatic carbocycles. The van der Waals surface area contributed by atoms with Crippen molar-refractivity contribution >= 4 is 92.0 Å². The minimum absolute atomic E-state index is 0.734. The van der Waals surface area contributed by atoms with Gasteiger partial charge in [-0.2, -0.15) is 0 Å². The van der Waals surface area contributed by atoms with Crippen LogP contribution in [0.25, 0.3) is 181 Å². The van der Waals surface area contributed by atoms with Crippen molar-refractivity contribution in [3.63, 3.8) is 0 Å². The Kier molecular flexibility index (Phi) is 14.0. The zero-order valence-electron chi connectivity index (χ0n) is 52.5. The molecular weight excluding hydrogens is 1180 g/mol. The second-order valence-corrected chi connectivity index (χ2v) is 24.4. The summed E-state index contributed by atoms with van der Waals surface area (Å²) < 4.78 is 0. The normalized spacial score (nSPS) is 12.4. The molecule has 0 spiro atoms. The Morgan fingerprint density at radius 1 is 0.186 bits per heavy atom. The van der Waals surface area contributed by atoms with Gasteiger partial charge in [-0.05, 0) is 129 Å². The number of hydrogen-bond donors (Lipinski definition) is 5. The van der Waals surface area contributed by atoms with Crippen molar-refractivity contribution in [3.05, 3.63) is 337 Å². The molecule has 97 heavy (non-hydrogen) atoms. The Hall–Kier alpha value is -13.2. The first-order chi connectivity index (χ1) is 48.1. The molecule has 4 aliphatic heterocycles. The Morgan fingerprint density at radius 3 is 0.588 bits per heavy atom. The third-order valence-corrected chi connectivity index (χ3v) is 18.5. The lowest BCUT2D eigenvalue weighted by Crippen LogP contribution is -2.10. The van der Waals surface area contributed by atoms with E-state index in [9.17, 15) is 0 Å². The summed E-state index contributed by atoms with van der Waals surface area (Å²) in [6.45, 7) is 0. The molecule has 0 saturated carbocycles. The van der Waals surface area contributed by atoms with Crippen LogP contribution in [-0.2, 0) is 0 Å². The van der Waals surface area contributed by atoms with E-state index in [1.165, 1.54) is 0 Å². The number of H-pyrrole nitrogens is 4. The van der Waals surface area contributed by atoms with Crippen LogP contribution >= 0.6 is 0 Å². The fourth-order valence-corrected chi connectivity index (χ4v) is 14.2. The molecule has 0 unspecified atom stereocenters.